The molecule has 0 atom stereocenters. The highest BCUT2D eigenvalue weighted by Crippen LogP contribution is 2.28. The molecular weight excluding hydrogens is 381 g/mol. The predicted molar refractivity (Wildman–Crippen MR) is 105 cm³/mol. The maximum Gasteiger partial charge on any atom is 0.275 e. The van der Waals surface area contributed by atoms with Crippen molar-refractivity contribution in [3.05, 3.63) is 89.7 Å². The van der Waals surface area contributed by atoms with E-state index in [-0.39, 0.29) is 16.1 Å². The minimum absolute atomic E-state index is 0.0707. The number of benzene rings is 3. The zero-order valence-electron chi connectivity index (χ0n) is 15.3. The third kappa shape index (κ3) is 3.75. The number of ether oxygens (including phenoxy) is 1. The van der Waals surface area contributed by atoms with Crippen LogP contribution >= 0.6 is 0 Å². The molecule has 0 aromatic heterocycles. The first kappa shape index (κ1) is 19.6. The highest BCUT2D eigenvalue weighted by Gasteiger charge is 2.33. The number of hydrogen-bond donors (Lipinski definition) is 0. The maximum atomic E-state index is 14.2. The van der Waals surface area contributed by atoms with Crippen LogP contribution in [0.25, 0.3) is 0 Å². The van der Waals surface area contributed by atoms with Crippen LogP contribution in [-0.2, 0) is 10.0 Å². The molecule has 5 nitrogen and oxygen atoms in total. The Morgan fingerprint density at radius 1 is 0.929 bits per heavy atom. The van der Waals surface area contributed by atoms with Crippen molar-refractivity contribution < 1.29 is 22.3 Å². The van der Waals surface area contributed by atoms with Crippen LogP contribution in [0.4, 0.5) is 10.1 Å². The number of amides is 1. The zero-order chi connectivity index (χ0) is 20.3. The molecule has 1 amide bonds. The van der Waals surface area contributed by atoms with E-state index in [9.17, 15) is 17.6 Å². The van der Waals surface area contributed by atoms with Crippen LogP contribution < -0.4 is 9.04 Å². The fourth-order valence-corrected chi connectivity index (χ4v) is 4.05. The lowest BCUT2D eigenvalue weighted by Gasteiger charge is -2.23. The fraction of sp³-hybridized carbons (Fsp3) is 0.0952. The van der Waals surface area contributed by atoms with Gasteiger partial charge in [0.2, 0.25) is 0 Å². The van der Waals surface area contributed by atoms with E-state index >= 15 is 0 Å². The van der Waals surface area contributed by atoms with E-state index in [1.807, 2.05) is 6.92 Å². The van der Waals surface area contributed by atoms with E-state index in [2.05, 4.69) is 0 Å². The molecule has 3 aromatic carbocycles. The molecule has 0 bridgehead atoms. The first-order valence-corrected chi connectivity index (χ1v) is 9.83. The Hall–Kier alpha value is -3.19. The van der Waals surface area contributed by atoms with Gasteiger partial charge in [-0.15, -0.1) is 0 Å². The molecule has 0 unspecified atom stereocenters. The predicted octanol–water partition coefficient (Wildman–Crippen LogP) is 4.18. The molecular formula is C21H18FNO4S. The maximum absolute atomic E-state index is 14.2. The Labute approximate surface area is 163 Å². The minimum atomic E-state index is -4.28. The number of nitrogens with zero attached hydrogens (tertiary/aromatic N) is 1. The van der Waals surface area contributed by atoms with Gasteiger partial charge in [0.15, 0.2) is 0 Å². The lowest BCUT2D eigenvalue weighted by molar-refractivity contribution is 0.100. The summed E-state index contributed by atoms with van der Waals surface area (Å²) < 4.78 is 46.5. The molecule has 0 fully saturated rings. The van der Waals surface area contributed by atoms with Crippen LogP contribution in [-0.4, -0.2) is 21.4 Å². The van der Waals surface area contributed by atoms with Gasteiger partial charge in [-0.25, -0.2) is 12.8 Å². The number of anilines is 1. The molecule has 0 heterocycles. The normalized spacial score (nSPS) is 11.1. The average molecular weight is 399 g/mol. The summed E-state index contributed by atoms with van der Waals surface area (Å²) in [6, 6.07) is 17.3. The second-order valence-corrected chi connectivity index (χ2v) is 7.85. The summed E-state index contributed by atoms with van der Waals surface area (Å²) in [6.07, 6.45) is 0. The van der Waals surface area contributed by atoms with Gasteiger partial charge in [-0.3, -0.25) is 4.79 Å². The smallest absolute Gasteiger partial charge is 0.275 e. The van der Waals surface area contributed by atoms with Gasteiger partial charge in [0.05, 0.1) is 23.3 Å². The Bertz CT molecular complexity index is 1090. The van der Waals surface area contributed by atoms with E-state index in [0.717, 1.165) is 11.6 Å². The van der Waals surface area contributed by atoms with Crippen LogP contribution in [0.2, 0.25) is 0 Å². The molecule has 0 spiro atoms. The van der Waals surface area contributed by atoms with Crippen molar-refractivity contribution in [1.82, 2.24) is 0 Å². The second kappa shape index (κ2) is 7.82. The van der Waals surface area contributed by atoms with Gasteiger partial charge in [-0.2, -0.15) is 4.31 Å². The molecule has 144 valence electrons. The fourth-order valence-electron chi connectivity index (χ4n) is 2.64. The van der Waals surface area contributed by atoms with Gasteiger partial charge >= 0.3 is 0 Å². The largest absolute Gasteiger partial charge is 0.497 e. The highest BCUT2D eigenvalue weighted by molar-refractivity contribution is 7.93. The van der Waals surface area contributed by atoms with Gasteiger partial charge in [-0.05, 0) is 55.5 Å². The number of aryl methyl sites for hydroxylation is 1. The molecule has 0 aliphatic rings. The molecule has 0 radical (unpaired) electrons. The Morgan fingerprint density at radius 3 is 2.11 bits per heavy atom. The second-order valence-electron chi connectivity index (χ2n) is 6.07. The van der Waals surface area contributed by atoms with Gasteiger partial charge in [0.25, 0.3) is 15.9 Å². The molecule has 0 aliphatic heterocycles. The van der Waals surface area contributed by atoms with Crippen molar-refractivity contribution >= 4 is 21.6 Å². The monoisotopic (exact) mass is 399 g/mol. The number of sulfonamides is 1. The van der Waals surface area contributed by atoms with Crippen molar-refractivity contribution in [1.29, 1.82) is 0 Å². The molecule has 3 rings (SSSR count). The van der Waals surface area contributed by atoms with Crippen LogP contribution in [0.5, 0.6) is 5.75 Å². The van der Waals surface area contributed by atoms with Crippen molar-refractivity contribution in [2.75, 3.05) is 11.4 Å². The lowest BCUT2D eigenvalue weighted by Crippen LogP contribution is -2.37. The molecule has 7 heteroatoms. The number of hydrogen-bond acceptors (Lipinski definition) is 4. The van der Waals surface area contributed by atoms with Gasteiger partial charge in [0.1, 0.15) is 11.6 Å². The zero-order valence-corrected chi connectivity index (χ0v) is 16.1. The summed E-state index contributed by atoms with van der Waals surface area (Å²) in [5, 5.41) is 0. The van der Waals surface area contributed by atoms with Crippen LogP contribution in [0.1, 0.15) is 15.9 Å². The highest BCUT2D eigenvalue weighted by atomic mass is 32.2. The number of carbonyl (C=O) groups excluding carboxylic acids is 1. The third-order valence-corrected chi connectivity index (χ3v) is 5.88. The van der Waals surface area contributed by atoms with Gasteiger partial charge in [0, 0.05) is 0 Å². The molecule has 0 saturated heterocycles. The van der Waals surface area contributed by atoms with Gasteiger partial charge < -0.3 is 4.74 Å². The number of carbonyl (C=O) groups is 1. The molecule has 0 aliphatic carbocycles. The van der Waals surface area contributed by atoms with E-state index < -0.39 is 21.7 Å². The third-order valence-electron chi connectivity index (χ3n) is 4.15. The standard InChI is InChI=1S/C21H18FNO4S/c1-15-7-13-18(14-8-15)28(25,26)23(16-9-11-17(27-2)12-10-16)21(24)19-5-3-4-6-20(19)22/h3-14H,1-2H3. The molecule has 0 N–H and O–H groups in total. The first-order chi connectivity index (χ1) is 13.3. The summed E-state index contributed by atoms with van der Waals surface area (Å²) in [6.45, 7) is 1.82. The van der Waals surface area contributed by atoms with Crippen molar-refractivity contribution in [3.63, 3.8) is 0 Å². The summed E-state index contributed by atoms with van der Waals surface area (Å²) in [5.74, 6) is -1.29. The Kier molecular flexibility index (Phi) is 5.46. The first-order valence-electron chi connectivity index (χ1n) is 8.39. The molecule has 0 saturated carbocycles. The number of rotatable bonds is 5. The van der Waals surface area contributed by atoms with Crippen molar-refractivity contribution in [3.8, 4) is 5.75 Å². The van der Waals surface area contributed by atoms with Crippen LogP contribution in [0.15, 0.2) is 77.7 Å². The van der Waals surface area contributed by atoms with Crippen molar-refractivity contribution in [2.45, 2.75) is 11.8 Å². The Morgan fingerprint density at radius 2 is 1.54 bits per heavy atom. The van der Waals surface area contributed by atoms with Crippen LogP contribution in [0.3, 0.4) is 0 Å². The Balaban J connectivity index is 2.17. The minimum Gasteiger partial charge on any atom is -0.497 e. The van der Waals surface area contributed by atoms with E-state index in [0.29, 0.717) is 10.1 Å². The topological polar surface area (TPSA) is 63.7 Å². The van der Waals surface area contributed by atoms with E-state index in [1.54, 1.807) is 12.1 Å². The summed E-state index contributed by atoms with van der Waals surface area (Å²) in [7, 11) is -2.81. The van der Waals surface area contributed by atoms with E-state index in [4.69, 9.17) is 4.74 Å². The average Bonchev–Trinajstić information content (AvgIpc) is 2.69. The number of halogens is 1. The molecule has 3 aromatic rings. The van der Waals surface area contributed by atoms with Gasteiger partial charge in [-0.1, -0.05) is 29.8 Å². The van der Waals surface area contributed by atoms with Crippen molar-refractivity contribution in [2.24, 2.45) is 0 Å². The number of methoxy groups -OCH3 is 1. The SMILES string of the molecule is COc1ccc(N(C(=O)c2ccccc2F)S(=O)(=O)c2ccc(C)cc2)cc1. The summed E-state index contributed by atoms with van der Waals surface area (Å²) in [4.78, 5) is 13.0. The summed E-state index contributed by atoms with van der Waals surface area (Å²) >= 11 is 0. The summed E-state index contributed by atoms with van der Waals surface area (Å²) in [5.41, 5.74) is 0.610. The van der Waals surface area contributed by atoms with E-state index in [1.165, 1.54) is 61.7 Å². The van der Waals surface area contributed by atoms with Crippen LogP contribution in [0, 0.1) is 12.7 Å². The molecule has 28 heavy (non-hydrogen) atoms. The quantitative estimate of drug-likeness (QED) is 0.646. The lowest BCUT2D eigenvalue weighted by atomic mass is 10.2.